The smallest absolute Gasteiger partial charge is 0.191 e. The van der Waals surface area contributed by atoms with Crippen LogP contribution in [0.1, 0.15) is 19.4 Å². The van der Waals surface area contributed by atoms with Crippen molar-refractivity contribution in [2.45, 2.75) is 26.5 Å². The zero-order valence-electron chi connectivity index (χ0n) is 17.9. The number of para-hydroxylation sites is 2. The Morgan fingerprint density at radius 3 is 2.45 bits per heavy atom. The second-order valence-electron chi connectivity index (χ2n) is 6.72. The summed E-state index contributed by atoms with van der Waals surface area (Å²) in [7, 11) is 5.72. The summed E-state index contributed by atoms with van der Waals surface area (Å²) in [6.45, 7) is 6.11. The third-order valence-electron chi connectivity index (χ3n) is 4.15. The van der Waals surface area contributed by atoms with Crippen LogP contribution in [0.2, 0.25) is 0 Å². The Kier molecular flexibility index (Phi) is 11.3. The van der Waals surface area contributed by atoms with Gasteiger partial charge in [-0.05, 0) is 43.7 Å². The minimum atomic E-state index is -0.0442. The number of hydrogen-bond donors (Lipinski definition) is 2. The molecule has 29 heavy (non-hydrogen) atoms. The number of nitrogens with one attached hydrogen (secondary N) is 2. The molecule has 0 radical (unpaired) electrons. The molecular weight excluding hydrogens is 479 g/mol. The van der Waals surface area contributed by atoms with Crippen molar-refractivity contribution in [2.24, 2.45) is 4.99 Å². The van der Waals surface area contributed by atoms with Gasteiger partial charge in [0.2, 0.25) is 0 Å². The van der Waals surface area contributed by atoms with Crippen LogP contribution in [-0.2, 0) is 6.54 Å². The van der Waals surface area contributed by atoms with E-state index in [0.29, 0.717) is 13.1 Å². The molecule has 0 heterocycles. The number of rotatable bonds is 9. The summed E-state index contributed by atoms with van der Waals surface area (Å²) in [6, 6.07) is 16.1. The monoisotopic (exact) mass is 512 g/mol. The molecule has 6 nitrogen and oxygen atoms in total. The van der Waals surface area contributed by atoms with E-state index in [9.17, 15) is 0 Å². The van der Waals surface area contributed by atoms with Crippen molar-refractivity contribution in [2.75, 3.05) is 39.2 Å². The highest BCUT2D eigenvalue weighted by molar-refractivity contribution is 14.0. The van der Waals surface area contributed by atoms with Gasteiger partial charge in [-0.3, -0.25) is 0 Å². The van der Waals surface area contributed by atoms with E-state index in [1.807, 2.05) is 45.3 Å². The van der Waals surface area contributed by atoms with Gasteiger partial charge in [-0.15, -0.1) is 24.0 Å². The van der Waals surface area contributed by atoms with Crippen LogP contribution < -0.4 is 25.0 Å². The molecule has 2 aromatic rings. The van der Waals surface area contributed by atoms with Gasteiger partial charge in [-0.2, -0.15) is 0 Å². The lowest BCUT2D eigenvalue weighted by Crippen LogP contribution is -2.41. The van der Waals surface area contributed by atoms with Gasteiger partial charge in [-0.25, -0.2) is 4.99 Å². The van der Waals surface area contributed by atoms with Crippen molar-refractivity contribution >= 4 is 35.6 Å². The van der Waals surface area contributed by atoms with Gasteiger partial charge in [-0.1, -0.05) is 24.3 Å². The highest BCUT2D eigenvalue weighted by atomic mass is 127. The van der Waals surface area contributed by atoms with E-state index in [4.69, 9.17) is 14.5 Å². The Hall–Kier alpha value is -2.16. The van der Waals surface area contributed by atoms with E-state index in [1.165, 1.54) is 11.3 Å². The van der Waals surface area contributed by atoms with Crippen LogP contribution in [0.4, 0.5) is 5.69 Å². The zero-order chi connectivity index (χ0) is 20.4. The number of aliphatic imine (C=N–C) groups is 1. The molecule has 2 N–H and O–H groups in total. The van der Waals surface area contributed by atoms with Crippen LogP contribution in [0, 0.1) is 0 Å². The van der Waals surface area contributed by atoms with Gasteiger partial charge in [0.1, 0.15) is 6.10 Å². The summed E-state index contributed by atoms with van der Waals surface area (Å²) in [5.41, 5.74) is 2.34. The number of halogens is 1. The van der Waals surface area contributed by atoms with Gasteiger partial charge in [0, 0.05) is 26.3 Å². The van der Waals surface area contributed by atoms with Crippen molar-refractivity contribution in [1.29, 1.82) is 0 Å². The molecule has 2 aromatic carbocycles. The van der Waals surface area contributed by atoms with E-state index >= 15 is 0 Å². The molecule has 1 unspecified atom stereocenters. The second kappa shape index (κ2) is 13.1. The first kappa shape index (κ1) is 24.9. The number of anilines is 1. The Bertz CT molecular complexity index is 768. The van der Waals surface area contributed by atoms with Gasteiger partial charge >= 0.3 is 0 Å². The molecule has 0 saturated carbocycles. The highest BCUT2D eigenvalue weighted by Crippen LogP contribution is 2.26. The molecule has 0 spiro atoms. The molecule has 0 saturated heterocycles. The van der Waals surface area contributed by atoms with Crippen molar-refractivity contribution < 1.29 is 9.47 Å². The first-order valence-electron chi connectivity index (χ1n) is 9.61. The van der Waals surface area contributed by atoms with E-state index in [2.05, 4.69) is 46.7 Å². The minimum absolute atomic E-state index is 0. The van der Waals surface area contributed by atoms with Gasteiger partial charge in [0.15, 0.2) is 17.5 Å². The van der Waals surface area contributed by atoms with Gasteiger partial charge in [0.05, 0.1) is 20.2 Å². The summed E-state index contributed by atoms with van der Waals surface area (Å²) in [5, 5.41) is 6.63. The van der Waals surface area contributed by atoms with Crippen LogP contribution in [0.25, 0.3) is 0 Å². The molecule has 0 fully saturated rings. The molecule has 0 aliphatic rings. The molecular formula is C22H33IN4O2. The normalized spacial score (nSPS) is 11.8. The van der Waals surface area contributed by atoms with Gasteiger partial charge in [0.25, 0.3) is 0 Å². The highest BCUT2D eigenvalue weighted by Gasteiger charge is 2.09. The molecule has 160 valence electrons. The average molecular weight is 512 g/mol. The first-order valence-corrected chi connectivity index (χ1v) is 9.61. The number of ether oxygens (including phenoxy) is 2. The fourth-order valence-electron chi connectivity index (χ4n) is 2.66. The Labute approximate surface area is 191 Å². The molecule has 0 aliphatic heterocycles. The average Bonchev–Trinajstić information content (AvgIpc) is 2.70. The van der Waals surface area contributed by atoms with Crippen molar-refractivity contribution in [3.8, 4) is 11.5 Å². The largest absolute Gasteiger partial charge is 0.493 e. The maximum atomic E-state index is 5.99. The third kappa shape index (κ3) is 8.39. The van der Waals surface area contributed by atoms with E-state index in [0.717, 1.165) is 24.0 Å². The fourth-order valence-corrected chi connectivity index (χ4v) is 2.66. The van der Waals surface area contributed by atoms with Crippen LogP contribution >= 0.6 is 24.0 Å². The maximum absolute atomic E-state index is 5.99. The molecule has 2 rings (SSSR count). The number of methoxy groups -OCH3 is 1. The standard InChI is InChI=1S/C22H32N4O2.HI/c1-6-23-22(25-16-18-10-9-11-19(14-18)26(3)4)24-15-17(2)28-21-13-8-7-12-20(21)27-5;/h7-14,17H,6,15-16H2,1-5H3,(H2,23,24,25);1H. The quantitative estimate of drug-likeness (QED) is 0.303. The Balaban J connectivity index is 0.00000420. The van der Waals surface area contributed by atoms with Crippen LogP contribution in [0.5, 0.6) is 11.5 Å². The van der Waals surface area contributed by atoms with E-state index in [1.54, 1.807) is 7.11 Å². The zero-order valence-corrected chi connectivity index (χ0v) is 20.3. The van der Waals surface area contributed by atoms with Crippen molar-refractivity contribution in [3.63, 3.8) is 0 Å². The predicted molar refractivity (Wildman–Crippen MR) is 132 cm³/mol. The van der Waals surface area contributed by atoms with Crippen LogP contribution in [-0.4, -0.2) is 46.4 Å². The Morgan fingerprint density at radius 2 is 1.79 bits per heavy atom. The van der Waals surface area contributed by atoms with Crippen molar-refractivity contribution in [3.05, 3.63) is 54.1 Å². The summed E-state index contributed by atoms with van der Waals surface area (Å²) in [5.74, 6) is 2.24. The van der Waals surface area contributed by atoms with Gasteiger partial charge < -0.3 is 25.0 Å². The second-order valence-corrected chi connectivity index (χ2v) is 6.72. The lowest BCUT2D eigenvalue weighted by molar-refractivity contribution is 0.213. The topological polar surface area (TPSA) is 58.1 Å². The maximum Gasteiger partial charge on any atom is 0.191 e. The minimum Gasteiger partial charge on any atom is -0.493 e. The summed E-state index contributed by atoms with van der Waals surface area (Å²) in [6.07, 6.45) is -0.0442. The van der Waals surface area contributed by atoms with Crippen molar-refractivity contribution in [1.82, 2.24) is 10.6 Å². The molecule has 1 atom stereocenters. The lowest BCUT2D eigenvalue weighted by Gasteiger charge is -2.19. The Morgan fingerprint density at radius 1 is 1.07 bits per heavy atom. The molecule has 0 aliphatic carbocycles. The number of hydrogen-bond acceptors (Lipinski definition) is 4. The summed E-state index contributed by atoms with van der Waals surface area (Å²) in [4.78, 5) is 6.78. The molecule has 7 heteroatoms. The van der Waals surface area contributed by atoms with Crippen LogP contribution in [0.3, 0.4) is 0 Å². The number of benzene rings is 2. The fraction of sp³-hybridized carbons (Fsp3) is 0.409. The number of nitrogens with zero attached hydrogens (tertiary/aromatic N) is 2. The predicted octanol–water partition coefficient (Wildman–Crippen LogP) is 3.90. The molecule has 0 amide bonds. The molecule has 0 bridgehead atoms. The first-order chi connectivity index (χ1) is 13.5. The SMILES string of the molecule is CCNC(=NCc1cccc(N(C)C)c1)NCC(C)Oc1ccccc1OC.I. The summed E-state index contributed by atoms with van der Waals surface area (Å²) >= 11 is 0. The van der Waals surface area contributed by atoms with E-state index < -0.39 is 0 Å². The third-order valence-corrected chi connectivity index (χ3v) is 4.15. The lowest BCUT2D eigenvalue weighted by atomic mass is 10.2. The van der Waals surface area contributed by atoms with Crippen LogP contribution in [0.15, 0.2) is 53.5 Å². The molecule has 0 aromatic heterocycles. The number of guanidine groups is 1. The van der Waals surface area contributed by atoms with E-state index in [-0.39, 0.29) is 30.1 Å². The summed E-state index contributed by atoms with van der Waals surface area (Å²) < 4.78 is 11.3.